The summed E-state index contributed by atoms with van der Waals surface area (Å²) in [5.74, 6) is 0.511. The lowest BCUT2D eigenvalue weighted by Crippen LogP contribution is -2.00. The van der Waals surface area contributed by atoms with E-state index in [0.29, 0.717) is 11.3 Å². The summed E-state index contributed by atoms with van der Waals surface area (Å²) in [6.45, 7) is 0. The third kappa shape index (κ3) is 1.49. The van der Waals surface area contributed by atoms with Crippen LogP contribution in [0.4, 0.5) is 0 Å². The van der Waals surface area contributed by atoms with Gasteiger partial charge in [-0.3, -0.25) is 0 Å². The van der Waals surface area contributed by atoms with Gasteiger partial charge >= 0.3 is 17.6 Å². The molecule has 13 heavy (non-hydrogen) atoms. The zero-order valence-corrected chi connectivity index (χ0v) is 6.77. The molecule has 64 valence electrons. The molecule has 0 aromatic carbocycles. The first-order valence-electron chi connectivity index (χ1n) is 3.83. The second-order valence-corrected chi connectivity index (χ2v) is 2.48. The topological polar surface area (TPSA) is 41.5 Å². The summed E-state index contributed by atoms with van der Waals surface area (Å²) < 4.78 is 9.83. The molecule has 0 N–H and O–H groups in total. The van der Waals surface area contributed by atoms with Gasteiger partial charge < -0.3 is 4.42 Å². The molecule has 0 radical (unpaired) electrons. The first-order valence-corrected chi connectivity index (χ1v) is 3.83. The maximum Gasteiger partial charge on any atom is 0.367 e. The molecular formula is C10H7O3+. The molecule has 0 aliphatic rings. The zero-order valence-electron chi connectivity index (χ0n) is 6.77. The van der Waals surface area contributed by atoms with Crippen LogP contribution in [0.15, 0.2) is 56.5 Å². The molecule has 0 spiro atoms. The largest absolute Gasteiger partial charge is 0.431 e. The van der Waals surface area contributed by atoms with Crippen LogP contribution in [0.5, 0.6) is 0 Å². The molecule has 0 fully saturated rings. The van der Waals surface area contributed by atoms with Crippen LogP contribution < -0.4 is 5.63 Å². The van der Waals surface area contributed by atoms with E-state index in [-0.39, 0.29) is 0 Å². The molecule has 2 rings (SSSR count). The minimum Gasteiger partial charge on any atom is -0.431 e. The van der Waals surface area contributed by atoms with Gasteiger partial charge in [0.1, 0.15) is 0 Å². The van der Waals surface area contributed by atoms with Crippen LogP contribution in [-0.4, -0.2) is 0 Å². The third-order valence-electron chi connectivity index (χ3n) is 1.63. The summed E-state index contributed by atoms with van der Waals surface area (Å²) >= 11 is 0. The van der Waals surface area contributed by atoms with Crippen LogP contribution in [0.3, 0.4) is 0 Å². The maximum atomic E-state index is 11.2. The zero-order chi connectivity index (χ0) is 9.10. The Morgan fingerprint density at radius 3 is 2.77 bits per heavy atom. The lowest BCUT2D eigenvalue weighted by atomic mass is 10.2. The average molecular weight is 175 g/mol. The predicted octanol–water partition coefficient (Wildman–Crippen LogP) is 2.18. The lowest BCUT2D eigenvalue weighted by Gasteiger charge is -1.86. The molecule has 0 amide bonds. The van der Waals surface area contributed by atoms with Crippen LogP contribution in [0.1, 0.15) is 0 Å². The van der Waals surface area contributed by atoms with Crippen molar-refractivity contribution in [3.63, 3.8) is 0 Å². The van der Waals surface area contributed by atoms with Crippen molar-refractivity contribution in [1.29, 1.82) is 0 Å². The highest BCUT2D eigenvalue weighted by Gasteiger charge is 2.13. The molecule has 2 aromatic heterocycles. The molecular weight excluding hydrogens is 168 g/mol. The Morgan fingerprint density at radius 2 is 2.08 bits per heavy atom. The molecule has 2 heterocycles. The second-order valence-electron chi connectivity index (χ2n) is 2.48. The fourth-order valence-electron chi connectivity index (χ4n) is 1.04. The highest BCUT2D eigenvalue weighted by molar-refractivity contribution is 5.54. The fraction of sp³-hybridized carbons (Fsp3) is 0. The Hall–Kier alpha value is -1.90. The van der Waals surface area contributed by atoms with Gasteiger partial charge in [-0.05, 0) is 18.2 Å². The number of hydrogen-bond acceptors (Lipinski definition) is 2. The van der Waals surface area contributed by atoms with Gasteiger partial charge in [-0.2, -0.15) is 0 Å². The van der Waals surface area contributed by atoms with Gasteiger partial charge in [-0.25, -0.2) is 9.21 Å². The van der Waals surface area contributed by atoms with Crippen LogP contribution in [0.2, 0.25) is 0 Å². The Bertz CT molecular complexity index is 445. The van der Waals surface area contributed by atoms with Gasteiger partial charge in [0.05, 0.1) is 6.26 Å². The van der Waals surface area contributed by atoms with Crippen molar-refractivity contribution in [2.75, 3.05) is 0 Å². The molecule has 3 heteroatoms. The van der Waals surface area contributed by atoms with E-state index in [4.69, 9.17) is 8.83 Å². The van der Waals surface area contributed by atoms with Crippen molar-refractivity contribution in [2.45, 2.75) is 0 Å². The van der Waals surface area contributed by atoms with E-state index in [0.717, 1.165) is 0 Å². The van der Waals surface area contributed by atoms with E-state index >= 15 is 0 Å². The highest BCUT2D eigenvalue weighted by atomic mass is 16.4. The highest BCUT2D eigenvalue weighted by Crippen LogP contribution is 2.13. The Morgan fingerprint density at radius 1 is 1.15 bits per heavy atom. The van der Waals surface area contributed by atoms with Gasteiger partial charge in [0.15, 0.2) is 5.56 Å². The molecule has 0 saturated heterocycles. The van der Waals surface area contributed by atoms with Crippen molar-refractivity contribution >= 4 is 0 Å². The van der Waals surface area contributed by atoms with Gasteiger partial charge in [0.25, 0.3) is 0 Å². The summed E-state index contributed by atoms with van der Waals surface area (Å²) in [5, 5.41) is 0. The van der Waals surface area contributed by atoms with Crippen molar-refractivity contribution in [3.8, 4) is 11.3 Å². The summed E-state index contributed by atoms with van der Waals surface area (Å²) in [5.41, 5.74) is 0.0422. The summed E-state index contributed by atoms with van der Waals surface area (Å²) in [7, 11) is 0. The second kappa shape index (κ2) is 3.23. The minimum atomic E-state index is -0.391. The SMILES string of the molecule is O=c1occcc1-c1cccc[o+]1. The average Bonchev–Trinajstić information content (AvgIpc) is 2.20. The van der Waals surface area contributed by atoms with Crippen molar-refractivity contribution in [3.05, 3.63) is 53.3 Å². The van der Waals surface area contributed by atoms with Crippen LogP contribution >= 0.6 is 0 Å². The van der Waals surface area contributed by atoms with E-state index in [1.165, 1.54) is 12.5 Å². The Labute approximate surface area is 74.3 Å². The standard InChI is InChI=1S/C10H7O3/c11-10-8(4-3-7-13-10)9-5-1-2-6-12-9/h1-7H/q+1. The molecule has 0 saturated carbocycles. The van der Waals surface area contributed by atoms with E-state index < -0.39 is 5.63 Å². The van der Waals surface area contributed by atoms with Crippen LogP contribution in [0.25, 0.3) is 11.3 Å². The number of rotatable bonds is 1. The molecule has 0 unspecified atom stereocenters. The van der Waals surface area contributed by atoms with Crippen molar-refractivity contribution < 1.29 is 8.83 Å². The third-order valence-corrected chi connectivity index (χ3v) is 1.63. The normalized spacial score (nSPS) is 9.85. The number of hydrogen-bond donors (Lipinski definition) is 0. The quantitative estimate of drug-likeness (QED) is 0.624. The van der Waals surface area contributed by atoms with E-state index in [1.54, 1.807) is 30.3 Å². The Balaban J connectivity index is 2.60. The minimum absolute atomic E-state index is 0.391. The summed E-state index contributed by atoms with van der Waals surface area (Å²) in [6.07, 6.45) is 2.86. The first kappa shape index (κ1) is 7.73. The van der Waals surface area contributed by atoms with Gasteiger partial charge in [-0.1, -0.05) is 0 Å². The molecule has 0 aliphatic heterocycles. The van der Waals surface area contributed by atoms with Crippen molar-refractivity contribution in [2.24, 2.45) is 0 Å². The van der Waals surface area contributed by atoms with Crippen LogP contribution in [-0.2, 0) is 0 Å². The molecule has 0 atom stereocenters. The van der Waals surface area contributed by atoms with Gasteiger partial charge in [0, 0.05) is 12.1 Å². The molecule has 2 aromatic rings. The maximum absolute atomic E-state index is 11.2. The molecule has 0 aliphatic carbocycles. The summed E-state index contributed by atoms with van der Waals surface area (Å²) in [4.78, 5) is 11.2. The van der Waals surface area contributed by atoms with E-state index in [9.17, 15) is 4.79 Å². The van der Waals surface area contributed by atoms with E-state index in [2.05, 4.69) is 0 Å². The van der Waals surface area contributed by atoms with Gasteiger partial charge in [-0.15, -0.1) is 0 Å². The van der Waals surface area contributed by atoms with E-state index in [1.807, 2.05) is 0 Å². The first-order chi connectivity index (χ1) is 6.38. The molecule has 3 nitrogen and oxygen atoms in total. The van der Waals surface area contributed by atoms with Gasteiger partial charge in [0.2, 0.25) is 0 Å². The Kier molecular flexibility index (Phi) is 1.92. The summed E-state index contributed by atoms with van der Waals surface area (Å²) in [6, 6.07) is 8.56. The smallest absolute Gasteiger partial charge is 0.367 e. The predicted molar refractivity (Wildman–Crippen MR) is 47.1 cm³/mol. The fourth-order valence-corrected chi connectivity index (χ4v) is 1.04. The lowest BCUT2D eigenvalue weighted by molar-refractivity contribution is 0.504. The van der Waals surface area contributed by atoms with Crippen LogP contribution in [0, 0.1) is 0 Å². The van der Waals surface area contributed by atoms with Crippen molar-refractivity contribution in [1.82, 2.24) is 0 Å². The molecule has 0 bridgehead atoms. The monoisotopic (exact) mass is 175 g/mol.